The third-order valence-electron chi connectivity index (χ3n) is 3.49. The fourth-order valence-electron chi connectivity index (χ4n) is 2.31. The molecule has 1 unspecified atom stereocenters. The molecule has 0 saturated heterocycles. The third-order valence-corrected chi connectivity index (χ3v) is 3.49. The average molecular weight is 243 g/mol. The first-order valence-electron chi connectivity index (χ1n) is 6.50. The fourth-order valence-corrected chi connectivity index (χ4v) is 2.31. The zero-order valence-corrected chi connectivity index (χ0v) is 11.4. The van der Waals surface area contributed by atoms with Gasteiger partial charge in [-0.3, -0.25) is 4.98 Å². The Morgan fingerprint density at radius 1 is 1.33 bits per heavy atom. The smallest absolute Gasteiger partial charge is 0.0743 e. The number of rotatable bonds is 4. The Kier molecular flexibility index (Phi) is 3.70. The van der Waals surface area contributed by atoms with Crippen LogP contribution in [-0.4, -0.2) is 18.1 Å². The van der Waals surface area contributed by atoms with Gasteiger partial charge in [0, 0.05) is 36.0 Å². The van der Waals surface area contributed by atoms with Gasteiger partial charge in [-0.1, -0.05) is 13.3 Å². The van der Waals surface area contributed by atoms with Crippen LogP contribution in [0.4, 0.5) is 11.4 Å². The van der Waals surface area contributed by atoms with Gasteiger partial charge in [0.1, 0.15) is 0 Å². The first-order valence-corrected chi connectivity index (χ1v) is 6.50. The van der Waals surface area contributed by atoms with Gasteiger partial charge >= 0.3 is 0 Å². The lowest BCUT2D eigenvalue weighted by molar-refractivity contribution is 0.617. The minimum absolute atomic E-state index is 0.526. The Morgan fingerprint density at radius 3 is 2.83 bits per heavy atom. The molecule has 2 N–H and O–H groups in total. The number of benzene rings is 1. The molecule has 1 heterocycles. The second kappa shape index (κ2) is 5.25. The molecule has 0 amide bonds. The van der Waals surface area contributed by atoms with Crippen LogP contribution in [0, 0.1) is 0 Å². The van der Waals surface area contributed by atoms with Gasteiger partial charge in [-0.05, 0) is 37.6 Å². The van der Waals surface area contributed by atoms with Crippen molar-refractivity contribution in [3.63, 3.8) is 0 Å². The molecule has 0 fully saturated rings. The summed E-state index contributed by atoms with van der Waals surface area (Å²) in [6.07, 6.45) is 4.24. The third kappa shape index (κ3) is 2.40. The molecule has 0 aliphatic rings. The van der Waals surface area contributed by atoms with Gasteiger partial charge in [-0.15, -0.1) is 0 Å². The van der Waals surface area contributed by atoms with E-state index in [0.29, 0.717) is 6.04 Å². The molecule has 0 aliphatic heterocycles. The largest absolute Gasteiger partial charge is 0.399 e. The molecule has 96 valence electrons. The fraction of sp³-hybridized carbons (Fsp3) is 0.400. The second-order valence-corrected chi connectivity index (χ2v) is 4.86. The maximum absolute atomic E-state index is 5.80. The summed E-state index contributed by atoms with van der Waals surface area (Å²) in [5.74, 6) is 0. The number of nitrogen functional groups attached to an aromatic ring is 1. The number of nitrogens with two attached hydrogens (primary N) is 1. The van der Waals surface area contributed by atoms with Gasteiger partial charge in [0.05, 0.1) is 5.52 Å². The van der Waals surface area contributed by atoms with Crippen molar-refractivity contribution in [2.75, 3.05) is 17.7 Å². The van der Waals surface area contributed by atoms with E-state index in [4.69, 9.17) is 5.73 Å². The summed E-state index contributed by atoms with van der Waals surface area (Å²) in [5.41, 5.74) is 8.75. The number of nitrogens with zero attached hydrogens (tertiary/aromatic N) is 2. The average Bonchev–Trinajstić information content (AvgIpc) is 2.37. The lowest BCUT2D eigenvalue weighted by atomic mass is 10.1. The number of hydrogen-bond acceptors (Lipinski definition) is 3. The highest BCUT2D eigenvalue weighted by molar-refractivity contribution is 5.93. The number of aromatic nitrogens is 1. The van der Waals surface area contributed by atoms with E-state index >= 15 is 0 Å². The highest BCUT2D eigenvalue weighted by Gasteiger charge is 2.12. The Balaban J connectivity index is 2.44. The highest BCUT2D eigenvalue weighted by atomic mass is 15.1. The summed E-state index contributed by atoms with van der Waals surface area (Å²) in [5, 5.41) is 1.16. The minimum atomic E-state index is 0.526. The normalized spacial score (nSPS) is 12.6. The standard InChI is InChI=1S/C15H21N3/c1-4-5-11(2)18(3)15-8-9-17-14-10-12(16)6-7-13(14)15/h6-11H,4-5,16H2,1-3H3. The van der Waals surface area contributed by atoms with Crippen molar-refractivity contribution in [3.8, 4) is 0 Å². The molecule has 2 rings (SSSR count). The van der Waals surface area contributed by atoms with Gasteiger partial charge in [-0.2, -0.15) is 0 Å². The minimum Gasteiger partial charge on any atom is -0.399 e. The van der Waals surface area contributed by atoms with Gasteiger partial charge in [0.25, 0.3) is 0 Å². The van der Waals surface area contributed by atoms with Crippen molar-refractivity contribution in [3.05, 3.63) is 30.5 Å². The van der Waals surface area contributed by atoms with Crippen LogP contribution in [-0.2, 0) is 0 Å². The second-order valence-electron chi connectivity index (χ2n) is 4.86. The number of anilines is 2. The summed E-state index contributed by atoms with van der Waals surface area (Å²) >= 11 is 0. The van der Waals surface area contributed by atoms with Crippen LogP contribution in [0.2, 0.25) is 0 Å². The molecular formula is C15H21N3. The van der Waals surface area contributed by atoms with Gasteiger partial charge < -0.3 is 10.6 Å². The molecule has 0 saturated carbocycles. The van der Waals surface area contributed by atoms with Gasteiger partial charge in [0.15, 0.2) is 0 Å². The Bertz CT molecular complexity index is 536. The van der Waals surface area contributed by atoms with Crippen molar-refractivity contribution in [2.45, 2.75) is 32.7 Å². The summed E-state index contributed by atoms with van der Waals surface area (Å²) in [7, 11) is 2.14. The van der Waals surface area contributed by atoms with Crippen molar-refractivity contribution >= 4 is 22.3 Å². The van der Waals surface area contributed by atoms with E-state index in [1.54, 1.807) is 0 Å². The van der Waals surface area contributed by atoms with Crippen molar-refractivity contribution < 1.29 is 0 Å². The van der Waals surface area contributed by atoms with Crippen LogP contribution in [0.15, 0.2) is 30.5 Å². The number of fused-ring (bicyclic) bond motifs is 1. The summed E-state index contributed by atoms with van der Waals surface area (Å²) in [6.45, 7) is 4.47. The zero-order chi connectivity index (χ0) is 13.1. The van der Waals surface area contributed by atoms with Gasteiger partial charge in [0.2, 0.25) is 0 Å². The van der Waals surface area contributed by atoms with E-state index in [1.807, 2.05) is 18.3 Å². The van der Waals surface area contributed by atoms with Crippen LogP contribution in [0.25, 0.3) is 10.9 Å². The van der Waals surface area contributed by atoms with E-state index in [2.05, 4.69) is 42.9 Å². The van der Waals surface area contributed by atoms with Crippen LogP contribution in [0.5, 0.6) is 0 Å². The SMILES string of the molecule is CCCC(C)N(C)c1ccnc2cc(N)ccc12. The zero-order valence-electron chi connectivity index (χ0n) is 11.4. The molecule has 0 radical (unpaired) electrons. The molecule has 2 aromatic rings. The quantitative estimate of drug-likeness (QED) is 0.836. The molecular weight excluding hydrogens is 222 g/mol. The lowest BCUT2D eigenvalue weighted by Crippen LogP contribution is -2.28. The topological polar surface area (TPSA) is 42.2 Å². The van der Waals surface area contributed by atoms with E-state index in [0.717, 1.165) is 16.6 Å². The van der Waals surface area contributed by atoms with Crippen molar-refractivity contribution in [1.82, 2.24) is 4.98 Å². The van der Waals surface area contributed by atoms with E-state index in [-0.39, 0.29) is 0 Å². The molecule has 18 heavy (non-hydrogen) atoms. The Hall–Kier alpha value is -1.77. The molecule has 0 bridgehead atoms. The summed E-state index contributed by atoms with van der Waals surface area (Å²) < 4.78 is 0. The van der Waals surface area contributed by atoms with E-state index in [1.165, 1.54) is 18.5 Å². The lowest BCUT2D eigenvalue weighted by Gasteiger charge is -2.27. The Morgan fingerprint density at radius 2 is 2.11 bits per heavy atom. The monoisotopic (exact) mass is 243 g/mol. The number of pyridine rings is 1. The predicted octanol–water partition coefficient (Wildman–Crippen LogP) is 3.44. The van der Waals surface area contributed by atoms with Crippen LogP contribution < -0.4 is 10.6 Å². The van der Waals surface area contributed by atoms with E-state index in [9.17, 15) is 0 Å². The highest BCUT2D eigenvalue weighted by Crippen LogP contribution is 2.27. The van der Waals surface area contributed by atoms with Crippen molar-refractivity contribution in [2.24, 2.45) is 0 Å². The molecule has 1 aromatic heterocycles. The van der Waals surface area contributed by atoms with E-state index < -0.39 is 0 Å². The maximum Gasteiger partial charge on any atom is 0.0743 e. The van der Waals surface area contributed by atoms with Crippen LogP contribution in [0.1, 0.15) is 26.7 Å². The number of hydrogen-bond donors (Lipinski definition) is 1. The first-order chi connectivity index (χ1) is 8.63. The van der Waals surface area contributed by atoms with Crippen molar-refractivity contribution in [1.29, 1.82) is 0 Å². The molecule has 3 nitrogen and oxygen atoms in total. The molecule has 0 spiro atoms. The molecule has 0 aliphatic carbocycles. The molecule has 1 aromatic carbocycles. The van der Waals surface area contributed by atoms with Crippen LogP contribution in [0.3, 0.4) is 0 Å². The summed E-state index contributed by atoms with van der Waals surface area (Å²) in [6, 6.07) is 8.52. The molecule has 3 heteroatoms. The van der Waals surface area contributed by atoms with Gasteiger partial charge in [-0.25, -0.2) is 0 Å². The molecule has 1 atom stereocenters. The maximum atomic E-state index is 5.80. The first kappa shape index (κ1) is 12.7. The van der Waals surface area contributed by atoms with Crippen LogP contribution >= 0.6 is 0 Å². The summed E-state index contributed by atoms with van der Waals surface area (Å²) in [4.78, 5) is 6.71. The Labute approximate surface area is 109 Å². The predicted molar refractivity (Wildman–Crippen MR) is 78.9 cm³/mol.